The number of methoxy groups -OCH3 is 2. The summed E-state index contributed by atoms with van der Waals surface area (Å²) in [6.07, 6.45) is 0. The molecule has 0 radical (unpaired) electrons. The van der Waals surface area contributed by atoms with Crippen LogP contribution in [0.5, 0.6) is 11.5 Å². The molecular formula is C8H9ClMgO2. The van der Waals surface area contributed by atoms with E-state index in [2.05, 4.69) is 6.07 Å². The van der Waals surface area contributed by atoms with Crippen molar-refractivity contribution in [2.24, 2.45) is 0 Å². The van der Waals surface area contributed by atoms with Gasteiger partial charge in [0.1, 0.15) is 0 Å². The first-order valence-electron chi connectivity index (χ1n) is 2.96. The summed E-state index contributed by atoms with van der Waals surface area (Å²) in [6.45, 7) is 0. The number of ether oxygens (including phenoxy) is 2. The summed E-state index contributed by atoms with van der Waals surface area (Å²) in [7, 11) is 3.23. The third-order valence-corrected chi connectivity index (χ3v) is 1.21. The van der Waals surface area contributed by atoms with Crippen LogP contribution < -0.4 is 21.9 Å². The SMILES string of the molecule is COc1[c-]cc(OC)cc1.[Cl-].[Mg+2]. The minimum atomic E-state index is 0. The van der Waals surface area contributed by atoms with Crippen molar-refractivity contribution in [3.63, 3.8) is 0 Å². The molecule has 12 heavy (non-hydrogen) atoms. The van der Waals surface area contributed by atoms with Gasteiger partial charge in [-0.25, -0.2) is 0 Å². The second-order valence-electron chi connectivity index (χ2n) is 1.80. The molecule has 4 heteroatoms. The van der Waals surface area contributed by atoms with Crippen LogP contribution in [0.2, 0.25) is 0 Å². The fourth-order valence-electron chi connectivity index (χ4n) is 0.650. The summed E-state index contributed by atoms with van der Waals surface area (Å²) in [5, 5.41) is 0. The van der Waals surface area contributed by atoms with Crippen LogP contribution in [0.4, 0.5) is 0 Å². The van der Waals surface area contributed by atoms with Crippen molar-refractivity contribution in [3.8, 4) is 11.5 Å². The molecule has 0 fully saturated rings. The molecule has 1 aromatic rings. The van der Waals surface area contributed by atoms with Crippen molar-refractivity contribution in [1.29, 1.82) is 0 Å². The van der Waals surface area contributed by atoms with E-state index in [4.69, 9.17) is 9.47 Å². The van der Waals surface area contributed by atoms with E-state index >= 15 is 0 Å². The Morgan fingerprint density at radius 3 is 2.17 bits per heavy atom. The van der Waals surface area contributed by atoms with Gasteiger partial charge in [-0.2, -0.15) is 0 Å². The Kier molecular flexibility index (Phi) is 9.03. The van der Waals surface area contributed by atoms with Crippen molar-refractivity contribution < 1.29 is 21.9 Å². The van der Waals surface area contributed by atoms with E-state index in [1.165, 1.54) is 0 Å². The number of rotatable bonds is 2. The summed E-state index contributed by atoms with van der Waals surface area (Å²) >= 11 is 0. The second-order valence-corrected chi connectivity index (χ2v) is 1.80. The maximum absolute atomic E-state index is 4.93. The molecule has 0 N–H and O–H groups in total. The predicted molar refractivity (Wildman–Crippen MR) is 44.1 cm³/mol. The third kappa shape index (κ3) is 4.04. The van der Waals surface area contributed by atoms with Gasteiger partial charge < -0.3 is 21.9 Å². The van der Waals surface area contributed by atoms with E-state index in [-0.39, 0.29) is 35.5 Å². The smallest absolute Gasteiger partial charge is 1.00 e. The molecule has 0 spiro atoms. The van der Waals surface area contributed by atoms with Crippen molar-refractivity contribution in [3.05, 3.63) is 24.3 Å². The van der Waals surface area contributed by atoms with Crippen molar-refractivity contribution in [2.45, 2.75) is 0 Å². The molecule has 1 rings (SSSR count). The molecule has 0 amide bonds. The quantitative estimate of drug-likeness (QED) is 0.408. The fourth-order valence-corrected chi connectivity index (χ4v) is 0.650. The maximum atomic E-state index is 4.93. The molecule has 0 aromatic heterocycles. The van der Waals surface area contributed by atoms with Crippen LogP contribution in [-0.4, -0.2) is 37.3 Å². The Bertz CT molecular complexity index is 178. The van der Waals surface area contributed by atoms with Gasteiger partial charge in [0.25, 0.3) is 0 Å². The average molecular weight is 197 g/mol. The molecule has 0 saturated carbocycles. The Labute approximate surface area is 94.8 Å². The predicted octanol–water partition coefficient (Wildman–Crippen LogP) is -1.87. The molecule has 2 nitrogen and oxygen atoms in total. The Hall–Kier alpha value is -0.124. The maximum Gasteiger partial charge on any atom is 2.00 e. The second kappa shape index (κ2) is 7.52. The normalized spacial score (nSPS) is 7.50. The zero-order valence-corrected chi connectivity index (χ0v) is 9.30. The summed E-state index contributed by atoms with van der Waals surface area (Å²) in [5.41, 5.74) is 0. The van der Waals surface area contributed by atoms with Crippen molar-refractivity contribution in [1.82, 2.24) is 0 Å². The molecule has 0 saturated heterocycles. The first-order chi connectivity index (χ1) is 4.86. The number of benzene rings is 1. The first kappa shape index (κ1) is 14.4. The zero-order valence-electron chi connectivity index (χ0n) is 7.13. The third-order valence-electron chi connectivity index (χ3n) is 1.21. The molecule has 0 aliphatic carbocycles. The van der Waals surface area contributed by atoms with E-state index in [0.29, 0.717) is 0 Å². The number of hydrogen-bond donors (Lipinski definition) is 0. The summed E-state index contributed by atoms with van der Waals surface area (Å²) in [6, 6.07) is 8.26. The van der Waals surface area contributed by atoms with Crippen LogP contribution >= 0.6 is 0 Å². The van der Waals surface area contributed by atoms with E-state index in [9.17, 15) is 0 Å². The fraction of sp³-hybridized carbons (Fsp3) is 0.250. The number of halogens is 1. The van der Waals surface area contributed by atoms with Gasteiger partial charge in [0.15, 0.2) is 0 Å². The zero-order chi connectivity index (χ0) is 7.40. The molecule has 0 atom stereocenters. The van der Waals surface area contributed by atoms with Crippen molar-refractivity contribution in [2.75, 3.05) is 14.2 Å². The molecule has 0 unspecified atom stereocenters. The van der Waals surface area contributed by atoms with E-state index in [0.717, 1.165) is 11.5 Å². The van der Waals surface area contributed by atoms with Crippen LogP contribution in [0.3, 0.4) is 0 Å². The summed E-state index contributed by atoms with van der Waals surface area (Å²) < 4.78 is 9.83. The van der Waals surface area contributed by atoms with Crippen LogP contribution in [0.1, 0.15) is 0 Å². The largest absolute Gasteiger partial charge is 2.00 e. The molecule has 0 aliphatic rings. The van der Waals surface area contributed by atoms with Gasteiger partial charge in [-0.05, 0) is 0 Å². The molecule has 62 valence electrons. The van der Waals surface area contributed by atoms with Crippen molar-refractivity contribution >= 4 is 23.1 Å². The minimum Gasteiger partial charge on any atom is -1.00 e. The topological polar surface area (TPSA) is 18.5 Å². The van der Waals surface area contributed by atoms with Crippen LogP contribution in [0.15, 0.2) is 18.2 Å². The van der Waals surface area contributed by atoms with Crippen LogP contribution in [0.25, 0.3) is 0 Å². The molecule has 1 aromatic carbocycles. The molecular weight excluding hydrogens is 188 g/mol. The Balaban J connectivity index is 0. The van der Waals surface area contributed by atoms with Gasteiger partial charge in [-0.15, -0.1) is 24.3 Å². The monoisotopic (exact) mass is 196 g/mol. The Morgan fingerprint density at radius 1 is 1.17 bits per heavy atom. The summed E-state index contributed by atoms with van der Waals surface area (Å²) in [5.74, 6) is 1.52. The minimum absolute atomic E-state index is 0. The van der Waals surface area contributed by atoms with Crippen LogP contribution in [0, 0.1) is 6.07 Å². The van der Waals surface area contributed by atoms with Crippen LogP contribution in [-0.2, 0) is 0 Å². The number of hydrogen-bond acceptors (Lipinski definition) is 2. The van der Waals surface area contributed by atoms with Gasteiger partial charge in [0, 0.05) is 11.5 Å². The standard InChI is InChI=1S/C8H9O2.ClH.Mg/c1-9-7-3-5-8(10-2)6-4-7;;/h3-5H,1-2H3;1H;/q-1;;+2/p-1. The molecule has 0 aliphatic heterocycles. The van der Waals surface area contributed by atoms with E-state index < -0.39 is 0 Å². The van der Waals surface area contributed by atoms with Gasteiger partial charge >= 0.3 is 23.1 Å². The molecule has 0 bridgehead atoms. The van der Waals surface area contributed by atoms with Gasteiger partial charge in [0.2, 0.25) is 0 Å². The first-order valence-corrected chi connectivity index (χ1v) is 2.96. The van der Waals surface area contributed by atoms with E-state index in [1.807, 2.05) is 6.07 Å². The average Bonchev–Trinajstić information content (AvgIpc) is 2.05. The Morgan fingerprint density at radius 2 is 1.83 bits per heavy atom. The molecule has 0 heterocycles. The van der Waals surface area contributed by atoms with Gasteiger partial charge in [-0.1, -0.05) is 0 Å². The van der Waals surface area contributed by atoms with E-state index in [1.54, 1.807) is 26.4 Å². The van der Waals surface area contributed by atoms with Gasteiger partial charge in [-0.3, -0.25) is 0 Å². The van der Waals surface area contributed by atoms with Gasteiger partial charge in [0.05, 0.1) is 14.2 Å². The summed E-state index contributed by atoms with van der Waals surface area (Å²) in [4.78, 5) is 0.